The van der Waals surface area contributed by atoms with Gasteiger partial charge in [-0.1, -0.05) is 11.6 Å². The molecule has 26 heavy (non-hydrogen) atoms. The van der Waals surface area contributed by atoms with E-state index in [1.54, 1.807) is 12.3 Å². The first-order valence-corrected chi connectivity index (χ1v) is 9.07. The maximum Gasteiger partial charge on any atom is 0.269 e. The zero-order valence-electron chi connectivity index (χ0n) is 14.8. The molecule has 2 heterocycles. The number of morpholine rings is 1. The van der Waals surface area contributed by atoms with E-state index in [1.807, 2.05) is 31.2 Å². The van der Waals surface area contributed by atoms with Crippen LogP contribution in [0.2, 0.25) is 5.02 Å². The molecule has 6 nitrogen and oxygen atoms in total. The van der Waals surface area contributed by atoms with Gasteiger partial charge < -0.3 is 15.4 Å². The summed E-state index contributed by atoms with van der Waals surface area (Å²) in [5.74, 6) is -0.160. The van der Waals surface area contributed by atoms with Crippen molar-refractivity contribution in [3.8, 4) is 0 Å². The van der Waals surface area contributed by atoms with Gasteiger partial charge in [0.2, 0.25) is 0 Å². The first-order chi connectivity index (χ1) is 12.6. The van der Waals surface area contributed by atoms with E-state index >= 15 is 0 Å². The molecule has 0 atom stereocenters. The second-order valence-corrected chi connectivity index (χ2v) is 6.66. The average Bonchev–Trinajstić information content (AvgIpc) is 2.65. The number of amides is 1. The summed E-state index contributed by atoms with van der Waals surface area (Å²) in [5, 5.41) is 6.90. The fourth-order valence-electron chi connectivity index (χ4n) is 2.77. The number of anilines is 2. The topological polar surface area (TPSA) is 66.5 Å². The normalized spacial score (nSPS) is 14.8. The Bertz CT molecular complexity index is 746. The fraction of sp³-hybridized carbons (Fsp3) is 0.368. The third-order valence-electron chi connectivity index (χ3n) is 4.28. The highest BCUT2D eigenvalue weighted by atomic mass is 35.5. The molecule has 0 saturated carbocycles. The van der Waals surface area contributed by atoms with Crippen LogP contribution in [0.1, 0.15) is 16.1 Å². The molecule has 1 aromatic heterocycles. The number of hydrogen-bond acceptors (Lipinski definition) is 5. The molecule has 1 aliphatic rings. The van der Waals surface area contributed by atoms with Crippen LogP contribution < -0.4 is 10.6 Å². The lowest BCUT2D eigenvalue weighted by Crippen LogP contribution is -2.41. The molecule has 3 rings (SSSR count). The molecule has 0 spiro atoms. The number of hydrogen-bond donors (Lipinski definition) is 2. The Balaban J connectivity index is 1.50. The predicted molar refractivity (Wildman–Crippen MR) is 103 cm³/mol. The number of halogens is 1. The van der Waals surface area contributed by atoms with Crippen molar-refractivity contribution in [2.75, 3.05) is 44.7 Å². The minimum Gasteiger partial charge on any atom is -0.379 e. The zero-order valence-corrected chi connectivity index (χ0v) is 15.6. The number of benzene rings is 1. The lowest BCUT2D eigenvalue weighted by Gasteiger charge is -2.26. The van der Waals surface area contributed by atoms with Gasteiger partial charge in [-0.2, -0.15) is 0 Å². The summed E-state index contributed by atoms with van der Waals surface area (Å²) in [6.45, 7) is 6.76. The lowest BCUT2D eigenvalue weighted by atomic mass is 10.2. The predicted octanol–water partition coefficient (Wildman–Crippen LogP) is 2.85. The van der Waals surface area contributed by atoms with Gasteiger partial charge in [0, 0.05) is 36.9 Å². The van der Waals surface area contributed by atoms with Crippen molar-refractivity contribution < 1.29 is 9.53 Å². The molecule has 2 N–H and O–H groups in total. The molecule has 1 fully saturated rings. The molecule has 0 radical (unpaired) electrons. The third kappa shape index (κ3) is 5.17. The zero-order chi connectivity index (χ0) is 18.4. The number of aryl methyl sites for hydroxylation is 1. The molecule has 1 aliphatic heterocycles. The maximum atomic E-state index is 12.2. The van der Waals surface area contributed by atoms with Crippen molar-refractivity contribution >= 4 is 28.9 Å². The van der Waals surface area contributed by atoms with E-state index in [-0.39, 0.29) is 5.91 Å². The number of carbonyl (C=O) groups is 1. The van der Waals surface area contributed by atoms with E-state index in [0.29, 0.717) is 17.3 Å². The van der Waals surface area contributed by atoms with Crippen LogP contribution >= 0.6 is 11.6 Å². The summed E-state index contributed by atoms with van der Waals surface area (Å²) in [7, 11) is 0. The Morgan fingerprint density at radius 3 is 2.77 bits per heavy atom. The van der Waals surface area contributed by atoms with Crippen LogP contribution in [0.5, 0.6) is 0 Å². The van der Waals surface area contributed by atoms with E-state index in [4.69, 9.17) is 16.3 Å². The van der Waals surface area contributed by atoms with Gasteiger partial charge in [0.1, 0.15) is 5.69 Å². The molecule has 0 bridgehead atoms. The van der Waals surface area contributed by atoms with Crippen molar-refractivity contribution in [3.63, 3.8) is 0 Å². The Hall–Kier alpha value is -2.15. The smallest absolute Gasteiger partial charge is 0.269 e. The number of ether oxygens (including phenoxy) is 1. The number of rotatable bonds is 6. The Morgan fingerprint density at radius 2 is 2.08 bits per heavy atom. The SMILES string of the molecule is Cc1cc(Cl)ccc1Nc1ccc(C(=O)NCCN2CCOCC2)nc1. The number of pyridine rings is 1. The van der Waals surface area contributed by atoms with Gasteiger partial charge in [-0.05, 0) is 42.8 Å². The summed E-state index contributed by atoms with van der Waals surface area (Å²) in [5.41, 5.74) is 3.23. The summed E-state index contributed by atoms with van der Waals surface area (Å²) in [6, 6.07) is 9.22. The molecular weight excluding hydrogens is 352 g/mol. The molecular formula is C19H23ClN4O2. The van der Waals surface area contributed by atoms with Gasteiger partial charge in [-0.15, -0.1) is 0 Å². The molecule has 7 heteroatoms. The Morgan fingerprint density at radius 1 is 1.27 bits per heavy atom. The first kappa shape index (κ1) is 18.6. The molecule has 1 aromatic carbocycles. The van der Waals surface area contributed by atoms with Crippen LogP contribution in [0.4, 0.5) is 11.4 Å². The quantitative estimate of drug-likeness (QED) is 0.813. The van der Waals surface area contributed by atoms with Crippen LogP contribution in [-0.4, -0.2) is 55.2 Å². The Kier molecular flexibility index (Phi) is 6.44. The van der Waals surface area contributed by atoms with Crippen LogP contribution in [0.3, 0.4) is 0 Å². The van der Waals surface area contributed by atoms with E-state index in [1.165, 1.54) is 0 Å². The second kappa shape index (κ2) is 8.98. The third-order valence-corrected chi connectivity index (χ3v) is 4.52. The van der Waals surface area contributed by atoms with E-state index in [9.17, 15) is 4.79 Å². The van der Waals surface area contributed by atoms with Crippen LogP contribution in [0.15, 0.2) is 36.5 Å². The van der Waals surface area contributed by atoms with Gasteiger partial charge in [0.25, 0.3) is 5.91 Å². The van der Waals surface area contributed by atoms with Crippen LogP contribution in [-0.2, 0) is 4.74 Å². The summed E-state index contributed by atoms with van der Waals surface area (Å²) >= 11 is 5.97. The van der Waals surface area contributed by atoms with Crippen molar-refractivity contribution in [1.29, 1.82) is 0 Å². The minimum absolute atomic E-state index is 0.160. The summed E-state index contributed by atoms with van der Waals surface area (Å²) in [4.78, 5) is 18.7. The van der Waals surface area contributed by atoms with Crippen LogP contribution in [0, 0.1) is 6.92 Å². The molecule has 1 amide bonds. The average molecular weight is 375 g/mol. The summed E-state index contributed by atoms with van der Waals surface area (Å²) in [6.07, 6.45) is 1.66. The van der Waals surface area contributed by atoms with Crippen molar-refractivity contribution in [2.24, 2.45) is 0 Å². The van der Waals surface area contributed by atoms with E-state index < -0.39 is 0 Å². The molecule has 1 saturated heterocycles. The highest BCUT2D eigenvalue weighted by molar-refractivity contribution is 6.30. The number of nitrogens with zero attached hydrogens (tertiary/aromatic N) is 2. The number of nitrogens with one attached hydrogen (secondary N) is 2. The van der Waals surface area contributed by atoms with Gasteiger partial charge in [0.05, 0.1) is 25.1 Å². The second-order valence-electron chi connectivity index (χ2n) is 6.23. The Labute approximate surface area is 158 Å². The van der Waals surface area contributed by atoms with Crippen molar-refractivity contribution in [2.45, 2.75) is 6.92 Å². The van der Waals surface area contributed by atoms with E-state index in [2.05, 4.69) is 20.5 Å². The molecule has 0 aliphatic carbocycles. The van der Waals surface area contributed by atoms with Gasteiger partial charge in [0.15, 0.2) is 0 Å². The largest absolute Gasteiger partial charge is 0.379 e. The first-order valence-electron chi connectivity index (χ1n) is 8.69. The standard InChI is InChI=1S/C19H23ClN4O2/c1-14-12-15(20)2-4-17(14)23-16-3-5-18(22-13-16)19(25)21-6-7-24-8-10-26-11-9-24/h2-5,12-13,23H,6-11H2,1H3,(H,21,25). The maximum absolute atomic E-state index is 12.2. The number of aromatic nitrogens is 1. The lowest BCUT2D eigenvalue weighted by molar-refractivity contribution is 0.0383. The van der Waals surface area contributed by atoms with Crippen molar-refractivity contribution in [1.82, 2.24) is 15.2 Å². The molecule has 138 valence electrons. The van der Waals surface area contributed by atoms with Crippen LogP contribution in [0.25, 0.3) is 0 Å². The number of carbonyl (C=O) groups excluding carboxylic acids is 1. The monoisotopic (exact) mass is 374 g/mol. The summed E-state index contributed by atoms with van der Waals surface area (Å²) < 4.78 is 5.31. The minimum atomic E-state index is -0.160. The highest BCUT2D eigenvalue weighted by Gasteiger charge is 2.11. The van der Waals surface area contributed by atoms with Gasteiger partial charge in [-0.25, -0.2) is 4.98 Å². The van der Waals surface area contributed by atoms with E-state index in [0.717, 1.165) is 49.8 Å². The molecule has 2 aromatic rings. The van der Waals surface area contributed by atoms with Gasteiger partial charge in [-0.3, -0.25) is 9.69 Å². The van der Waals surface area contributed by atoms with Gasteiger partial charge >= 0.3 is 0 Å². The van der Waals surface area contributed by atoms with Crippen molar-refractivity contribution in [3.05, 3.63) is 52.8 Å². The molecule has 0 unspecified atom stereocenters. The highest BCUT2D eigenvalue weighted by Crippen LogP contribution is 2.23. The fourth-order valence-corrected chi connectivity index (χ4v) is 2.99.